The minimum Gasteiger partial charge on any atom is -0.493 e. The zero-order chi connectivity index (χ0) is 22.2. The highest BCUT2D eigenvalue weighted by molar-refractivity contribution is 6.06. The van der Waals surface area contributed by atoms with E-state index in [0.29, 0.717) is 23.6 Å². The summed E-state index contributed by atoms with van der Waals surface area (Å²) in [7, 11) is 3.15. The summed E-state index contributed by atoms with van der Waals surface area (Å²) in [5, 5.41) is 5.51. The Morgan fingerprint density at radius 1 is 1.17 bits per heavy atom. The molecule has 8 heteroatoms. The molecule has 2 heterocycles. The van der Waals surface area contributed by atoms with Gasteiger partial charge in [-0.25, -0.2) is 0 Å². The van der Waals surface area contributed by atoms with Crippen LogP contribution in [-0.4, -0.2) is 42.9 Å². The van der Waals surface area contributed by atoms with Crippen LogP contribution in [-0.2, 0) is 22.7 Å². The Kier molecular flexibility index (Phi) is 4.96. The molecule has 156 valence electrons. The molecule has 2 aliphatic rings. The number of ether oxygens (including phenoxy) is 2. The van der Waals surface area contributed by atoms with E-state index in [4.69, 9.17) is 10.8 Å². The molecular formula is C22H23N3O5. The molecule has 8 nitrogen and oxygen atoms in total. The number of fused-ring (bicyclic) bond motifs is 1. The Morgan fingerprint density at radius 3 is 2.70 bits per heavy atom. The van der Waals surface area contributed by atoms with Gasteiger partial charge >= 0.3 is 0 Å². The molecule has 0 aliphatic carbocycles. The SMILES string of the molecule is [2H][C@]1(N2Cc3c(NCc4ccc(OC)c(OC)c4)cccc3C2=O)CCC(=O)NC1=O. The second-order valence-corrected chi connectivity index (χ2v) is 7.09. The number of anilines is 1. The van der Waals surface area contributed by atoms with E-state index in [9.17, 15) is 14.4 Å². The van der Waals surface area contributed by atoms with E-state index in [-0.39, 0.29) is 25.3 Å². The van der Waals surface area contributed by atoms with Crippen molar-refractivity contribution < 1.29 is 25.2 Å². The molecule has 3 amide bonds. The summed E-state index contributed by atoms with van der Waals surface area (Å²) in [5.41, 5.74) is 2.88. The second-order valence-electron chi connectivity index (χ2n) is 7.09. The Morgan fingerprint density at radius 2 is 1.97 bits per heavy atom. The number of rotatable bonds is 6. The highest BCUT2D eigenvalue weighted by Crippen LogP contribution is 2.33. The zero-order valence-electron chi connectivity index (χ0n) is 17.8. The van der Waals surface area contributed by atoms with Crippen LogP contribution < -0.4 is 20.1 Å². The van der Waals surface area contributed by atoms with Crippen molar-refractivity contribution in [3.05, 3.63) is 53.1 Å². The average molecular weight is 410 g/mol. The van der Waals surface area contributed by atoms with E-state index in [1.165, 1.54) is 4.90 Å². The molecule has 30 heavy (non-hydrogen) atoms. The Hall–Kier alpha value is -3.55. The van der Waals surface area contributed by atoms with Crippen molar-refractivity contribution in [2.24, 2.45) is 0 Å². The maximum Gasteiger partial charge on any atom is 0.255 e. The van der Waals surface area contributed by atoms with Crippen LogP contribution >= 0.6 is 0 Å². The molecule has 2 aromatic carbocycles. The number of nitrogens with zero attached hydrogens (tertiary/aromatic N) is 1. The number of methoxy groups -OCH3 is 2. The lowest BCUT2D eigenvalue weighted by molar-refractivity contribution is -0.136. The van der Waals surface area contributed by atoms with Gasteiger partial charge in [-0.1, -0.05) is 12.1 Å². The lowest BCUT2D eigenvalue weighted by Gasteiger charge is -2.29. The summed E-state index contributed by atoms with van der Waals surface area (Å²) < 4.78 is 19.2. The van der Waals surface area contributed by atoms with Gasteiger partial charge in [0.1, 0.15) is 6.02 Å². The smallest absolute Gasteiger partial charge is 0.255 e. The number of benzene rings is 2. The van der Waals surface area contributed by atoms with Gasteiger partial charge in [0.2, 0.25) is 11.8 Å². The van der Waals surface area contributed by atoms with Crippen LogP contribution in [0.25, 0.3) is 0 Å². The molecular weight excluding hydrogens is 386 g/mol. The van der Waals surface area contributed by atoms with Crippen molar-refractivity contribution in [1.29, 1.82) is 0 Å². The molecule has 0 radical (unpaired) electrons. The number of hydrogen-bond donors (Lipinski definition) is 2. The highest BCUT2D eigenvalue weighted by atomic mass is 16.5. The lowest BCUT2D eigenvalue weighted by atomic mass is 10.0. The van der Waals surface area contributed by atoms with E-state index in [1.807, 2.05) is 24.3 Å². The zero-order valence-corrected chi connectivity index (χ0v) is 16.8. The fourth-order valence-corrected chi connectivity index (χ4v) is 3.77. The van der Waals surface area contributed by atoms with Gasteiger partial charge in [-0.05, 0) is 36.2 Å². The third-order valence-corrected chi connectivity index (χ3v) is 5.33. The van der Waals surface area contributed by atoms with Crippen molar-refractivity contribution in [1.82, 2.24) is 10.2 Å². The summed E-state index contributed by atoms with van der Waals surface area (Å²) in [4.78, 5) is 38.1. The molecule has 1 saturated heterocycles. The largest absolute Gasteiger partial charge is 0.493 e. The van der Waals surface area contributed by atoms with Crippen LogP contribution in [0.4, 0.5) is 5.69 Å². The normalized spacial score (nSPS) is 21.1. The van der Waals surface area contributed by atoms with Gasteiger partial charge in [0.15, 0.2) is 11.5 Å². The Balaban J connectivity index is 1.55. The van der Waals surface area contributed by atoms with E-state index in [0.717, 1.165) is 16.8 Å². The fourth-order valence-electron chi connectivity index (χ4n) is 3.77. The Labute approximate surface area is 175 Å². The number of nitrogens with one attached hydrogen (secondary N) is 2. The van der Waals surface area contributed by atoms with Crippen LogP contribution in [0.15, 0.2) is 36.4 Å². The number of piperidine rings is 1. The molecule has 2 aliphatic heterocycles. The number of imide groups is 1. The first-order valence-electron chi connectivity index (χ1n) is 10.1. The summed E-state index contributed by atoms with van der Waals surface area (Å²) in [6.45, 7) is 0.598. The molecule has 0 saturated carbocycles. The summed E-state index contributed by atoms with van der Waals surface area (Å²) >= 11 is 0. The standard InChI is InChI=1S/C22H23N3O5/c1-29-18-8-6-13(10-19(18)30-2)11-23-16-5-3-4-14-15(16)12-25(22(14)28)17-7-9-20(26)24-21(17)27/h3-6,8,10,17,23H,7,9,11-12H2,1-2H3,(H,24,26,27)/t17-/m0/s1/i17D. The van der Waals surface area contributed by atoms with Crippen LogP contribution in [0.3, 0.4) is 0 Å². The average Bonchev–Trinajstić information content (AvgIpc) is 3.12. The maximum absolute atomic E-state index is 13.0. The van der Waals surface area contributed by atoms with Crippen LogP contribution in [0.1, 0.15) is 35.7 Å². The minimum atomic E-state index is -1.80. The predicted octanol–water partition coefficient (Wildman–Crippen LogP) is 2.08. The van der Waals surface area contributed by atoms with Gasteiger partial charge in [0.05, 0.1) is 15.6 Å². The number of carbonyl (C=O) groups is 3. The van der Waals surface area contributed by atoms with E-state index in [1.54, 1.807) is 26.4 Å². The predicted molar refractivity (Wildman–Crippen MR) is 109 cm³/mol. The Bertz CT molecular complexity index is 1070. The molecule has 0 unspecified atom stereocenters. The molecule has 1 fully saturated rings. The highest BCUT2D eigenvalue weighted by Gasteiger charge is 2.39. The fraction of sp³-hybridized carbons (Fsp3) is 0.318. The summed E-state index contributed by atoms with van der Waals surface area (Å²) in [5.74, 6) is -0.308. The molecule has 1 atom stereocenters. The molecule has 4 rings (SSSR count). The van der Waals surface area contributed by atoms with Crippen LogP contribution in [0.5, 0.6) is 11.5 Å². The van der Waals surface area contributed by atoms with E-state index < -0.39 is 17.8 Å². The minimum absolute atomic E-state index is 0.0220. The lowest BCUT2D eigenvalue weighted by Crippen LogP contribution is -2.52. The first-order chi connectivity index (χ1) is 14.9. The van der Waals surface area contributed by atoms with E-state index >= 15 is 0 Å². The molecule has 2 aromatic rings. The topological polar surface area (TPSA) is 97.0 Å². The van der Waals surface area contributed by atoms with Crippen molar-refractivity contribution in [3.8, 4) is 11.5 Å². The van der Waals surface area contributed by atoms with Crippen LogP contribution in [0.2, 0.25) is 0 Å². The van der Waals surface area contributed by atoms with Crippen molar-refractivity contribution in [2.75, 3.05) is 19.5 Å². The molecule has 0 bridgehead atoms. The quantitative estimate of drug-likeness (QED) is 0.708. The van der Waals surface area contributed by atoms with Gasteiger partial charge in [-0.3, -0.25) is 19.7 Å². The third kappa shape index (κ3) is 3.56. The first-order valence-corrected chi connectivity index (χ1v) is 9.60. The van der Waals surface area contributed by atoms with Gasteiger partial charge in [-0.15, -0.1) is 0 Å². The number of carbonyl (C=O) groups excluding carboxylic acids is 3. The molecule has 0 spiro atoms. The monoisotopic (exact) mass is 410 g/mol. The number of hydrogen-bond acceptors (Lipinski definition) is 6. The van der Waals surface area contributed by atoms with Gasteiger partial charge in [0.25, 0.3) is 5.91 Å². The van der Waals surface area contributed by atoms with Gasteiger partial charge in [-0.2, -0.15) is 0 Å². The first kappa shape index (κ1) is 18.5. The van der Waals surface area contributed by atoms with Crippen molar-refractivity contribution in [2.45, 2.75) is 31.9 Å². The second kappa shape index (κ2) is 8.06. The number of amides is 3. The van der Waals surface area contributed by atoms with Crippen molar-refractivity contribution >= 4 is 23.4 Å². The third-order valence-electron chi connectivity index (χ3n) is 5.33. The van der Waals surface area contributed by atoms with Crippen LogP contribution in [0, 0.1) is 0 Å². The molecule has 0 aromatic heterocycles. The summed E-state index contributed by atoms with van der Waals surface area (Å²) in [6.07, 6.45) is 0.00553. The van der Waals surface area contributed by atoms with Gasteiger partial charge in [0, 0.05) is 36.3 Å². The van der Waals surface area contributed by atoms with Gasteiger partial charge < -0.3 is 19.7 Å². The summed E-state index contributed by atoms with van der Waals surface area (Å²) in [6, 6.07) is 9.12. The van der Waals surface area contributed by atoms with E-state index in [2.05, 4.69) is 10.6 Å². The van der Waals surface area contributed by atoms with Crippen molar-refractivity contribution in [3.63, 3.8) is 0 Å². The molecule has 2 N–H and O–H groups in total. The maximum atomic E-state index is 13.0.